The minimum Gasteiger partial charge on any atom is -0.369 e. The molecule has 9 heteroatoms. The van der Waals surface area contributed by atoms with Crippen molar-refractivity contribution in [1.82, 2.24) is 9.37 Å². The molecule has 0 radical (unpaired) electrons. The van der Waals surface area contributed by atoms with E-state index in [2.05, 4.69) is 0 Å². The van der Waals surface area contributed by atoms with Crippen molar-refractivity contribution < 1.29 is 22.8 Å². The van der Waals surface area contributed by atoms with E-state index < -0.39 is 21.8 Å². The van der Waals surface area contributed by atoms with E-state index in [-0.39, 0.29) is 18.1 Å². The van der Waals surface area contributed by atoms with Gasteiger partial charge in [-0.1, -0.05) is 0 Å². The number of hydrogen-bond acceptors (Lipinski definition) is 5. The topological polar surface area (TPSA) is 81.2 Å². The van der Waals surface area contributed by atoms with E-state index in [1.165, 1.54) is 16.4 Å². The second-order valence-corrected chi connectivity index (χ2v) is 8.10. The standard InChI is InChI=1S/C15H20FN3O4S/c16-13-1-3-14(4-2-13)17-7-9-18(10-8-17)24(22,23)11-12-5-6-19(21)15(12)20/h1-4,12,21H,5-11H2. The van der Waals surface area contributed by atoms with Gasteiger partial charge in [0.15, 0.2) is 0 Å². The van der Waals surface area contributed by atoms with Gasteiger partial charge in [0.2, 0.25) is 15.9 Å². The number of sulfonamides is 1. The summed E-state index contributed by atoms with van der Waals surface area (Å²) in [5.41, 5.74) is 0.857. The van der Waals surface area contributed by atoms with Gasteiger partial charge >= 0.3 is 0 Å². The number of benzene rings is 1. The monoisotopic (exact) mass is 357 g/mol. The van der Waals surface area contributed by atoms with E-state index >= 15 is 0 Å². The molecule has 2 fully saturated rings. The van der Waals surface area contributed by atoms with Gasteiger partial charge in [-0.3, -0.25) is 10.0 Å². The molecule has 3 rings (SSSR count). The predicted molar refractivity (Wildman–Crippen MR) is 85.6 cm³/mol. The quantitative estimate of drug-likeness (QED) is 0.795. The molecule has 1 N–H and O–H groups in total. The Kier molecular flexibility index (Phi) is 4.75. The zero-order valence-electron chi connectivity index (χ0n) is 13.1. The molecule has 1 aromatic rings. The second-order valence-electron chi connectivity index (χ2n) is 6.09. The molecule has 0 aromatic heterocycles. The molecule has 132 valence electrons. The van der Waals surface area contributed by atoms with Crippen molar-refractivity contribution >= 4 is 21.6 Å². The predicted octanol–water partition coefficient (Wildman–Crippen LogP) is 0.515. The number of halogens is 1. The number of anilines is 1. The molecule has 1 aromatic carbocycles. The summed E-state index contributed by atoms with van der Waals surface area (Å²) in [5.74, 6) is -1.77. The first kappa shape index (κ1) is 17.1. The summed E-state index contributed by atoms with van der Waals surface area (Å²) in [6, 6.07) is 6.11. The highest BCUT2D eigenvalue weighted by Crippen LogP contribution is 2.22. The first-order valence-corrected chi connectivity index (χ1v) is 9.46. The molecular weight excluding hydrogens is 337 g/mol. The van der Waals surface area contributed by atoms with Gasteiger partial charge < -0.3 is 4.90 Å². The SMILES string of the molecule is O=C1C(CS(=O)(=O)N2CCN(c3ccc(F)cc3)CC2)CCN1O. The van der Waals surface area contributed by atoms with E-state index in [0.717, 1.165) is 5.69 Å². The summed E-state index contributed by atoms with van der Waals surface area (Å²) < 4.78 is 39.3. The molecule has 0 aliphatic carbocycles. The van der Waals surface area contributed by atoms with Crippen LogP contribution in [0.3, 0.4) is 0 Å². The number of rotatable bonds is 4. The van der Waals surface area contributed by atoms with Crippen molar-refractivity contribution in [3.63, 3.8) is 0 Å². The number of hydrogen-bond donors (Lipinski definition) is 1. The van der Waals surface area contributed by atoms with Crippen LogP contribution >= 0.6 is 0 Å². The smallest absolute Gasteiger partial charge is 0.250 e. The molecule has 2 saturated heterocycles. The largest absolute Gasteiger partial charge is 0.369 e. The Hall–Kier alpha value is -1.71. The van der Waals surface area contributed by atoms with Crippen molar-refractivity contribution in [2.45, 2.75) is 6.42 Å². The third-order valence-corrected chi connectivity index (χ3v) is 6.50. The van der Waals surface area contributed by atoms with Crippen LogP contribution in [0, 0.1) is 11.7 Å². The molecule has 1 atom stereocenters. The van der Waals surface area contributed by atoms with Crippen LogP contribution in [0.4, 0.5) is 10.1 Å². The van der Waals surface area contributed by atoms with Gasteiger partial charge in [0.25, 0.3) is 0 Å². The van der Waals surface area contributed by atoms with E-state index in [4.69, 9.17) is 0 Å². The lowest BCUT2D eigenvalue weighted by molar-refractivity contribution is -0.159. The number of hydroxylamine groups is 2. The molecule has 2 aliphatic heterocycles. The molecule has 0 spiro atoms. The van der Waals surface area contributed by atoms with Gasteiger partial charge in [0, 0.05) is 38.4 Å². The molecule has 24 heavy (non-hydrogen) atoms. The third-order valence-electron chi connectivity index (χ3n) is 4.53. The van der Waals surface area contributed by atoms with Crippen LogP contribution in [0.25, 0.3) is 0 Å². The number of carbonyl (C=O) groups is 1. The van der Waals surface area contributed by atoms with Gasteiger partial charge in [0.05, 0.1) is 11.7 Å². The van der Waals surface area contributed by atoms with Gasteiger partial charge in [-0.15, -0.1) is 0 Å². The number of nitrogens with zero attached hydrogens (tertiary/aromatic N) is 3. The molecule has 2 aliphatic rings. The molecule has 2 heterocycles. The Bertz CT molecular complexity index is 702. The highest BCUT2D eigenvalue weighted by molar-refractivity contribution is 7.89. The van der Waals surface area contributed by atoms with Crippen LogP contribution < -0.4 is 4.90 Å². The van der Waals surface area contributed by atoms with Gasteiger partial charge in [-0.05, 0) is 30.7 Å². The van der Waals surface area contributed by atoms with Gasteiger partial charge in [-0.25, -0.2) is 17.9 Å². The highest BCUT2D eigenvalue weighted by atomic mass is 32.2. The summed E-state index contributed by atoms with van der Waals surface area (Å²) in [5, 5.41) is 9.89. The first-order valence-electron chi connectivity index (χ1n) is 7.85. The van der Waals surface area contributed by atoms with Crippen LogP contribution in [-0.2, 0) is 14.8 Å². The molecule has 1 unspecified atom stereocenters. The Morgan fingerprint density at radius 1 is 1.08 bits per heavy atom. The van der Waals surface area contributed by atoms with Crippen molar-refractivity contribution in [2.75, 3.05) is 43.4 Å². The summed E-state index contributed by atoms with van der Waals surface area (Å²) in [4.78, 5) is 13.7. The summed E-state index contributed by atoms with van der Waals surface area (Å²) in [7, 11) is -3.55. The van der Waals surface area contributed by atoms with Crippen LogP contribution in [-0.4, -0.2) is 67.4 Å². The normalized spacial score (nSPS) is 23.1. The lowest BCUT2D eigenvalue weighted by Gasteiger charge is -2.35. The Morgan fingerprint density at radius 3 is 2.25 bits per heavy atom. The van der Waals surface area contributed by atoms with Crippen LogP contribution in [0.15, 0.2) is 24.3 Å². The number of carbonyl (C=O) groups excluding carboxylic acids is 1. The fraction of sp³-hybridized carbons (Fsp3) is 0.533. The molecule has 7 nitrogen and oxygen atoms in total. The number of amides is 1. The Morgan fingerprint density at radius 2 is 1.71 bits per heavy atom. The second kappa shape index (κ2) is 6.66. The fourth-order valence-corrected chi connectivity index (χ4v) is 4.86. The molecular formula is C15H20FN3O4S. The summed E-state index contributed by atoms with van der Waals surface area (Å²) >= 11 is 0. The van der Waals surface area contributed by atoms with Gasteiger partial charge in [0.1, 0.15) is 5.82 Å². The average Bonchev–Trinajstić information content (AvgIpc) is 2.87. The van der Waals surface area contributed by atoms with Crippen molar-refractivity contribution in [3.8, 4) is 0 Å². The lowest BCUT2D eigenvalue weighted by atomic mass is 10.1. The maximum absolute atomic E-state index is 13.0. The van der Waals surface area contributed by atoms with Crippen LogP contribution in [0.2, 0.25) is 0 Å². The summed E-state index contributed by atoms with van der Waals surface area (Å²) in [6.45, 7) is 1.84. The highest BCUT2D eigenvalue weighted by Gasteiger charge is 2.37. The van der Waals surface area contributed by atoms with Crippen molar-refractivity contribution in [3.05, 3.63) is 30.1 Å². The van der Waals surface area contributed by atoms with Crippen LogP contribution in [0.1, 0.15) is 6.42 Å². The van der Waals surface area contributed by atoms with E-state index in [0.29, 0.717) is 37.7 Å². The summed E-state index contributed by atoms with van der Waals surface area (Å²) in [6.07, 6.45) is 0.351. The van der Waals surface area contributed by atoms with Crippen molar-refractivity contribution in [2.24, 2.45) is 5.92 Å². The van der Waals surface area contributed by atoms with E-state index in [1.54, 1.807) is 12.1 Å². The van der Waals surface area contributed by atoms with Gasteiger partial charge in [-0.2, -0.15) is 4.31 Å². The lowest BCUT2D eigenvalue weighted by Crippen LogP contribution is -2.50. The molecule has 0 bridgehead atoms. The molecule has 0 saturated carbocycles. The van der Waals surface area contributed by atoms with Crippen molar-refractivity contribution in [1.29, 1.82) is 0 Å². The fourth-order valence-electron chi connectivity index (χ4n) is 3.11. The average molecular weight is 357 g/mol. The zero-order chi connectivity index (χ0) is 17.3. The number of piperazine rings is 1. The maximum Gasteiger partial charge on any atom is 0.250 e. The maximum atomic E-state index is 13.0. The Labute approximate surface area is 140 Å². The minimum absolute atomic E-state index is 0.178. The van der Waals surface area contributed by atoms with Crippen LogP contribution in [0.5, 0.6) is 0 Å². The Balaban J connectivity index is 1.59. The van der Waals surface area contributed by atoms with E-state index in [9.17, 15) is 22.8 Å². The zero-order valence-corrected chi connectivity index (χ0v) is 14.0. The minimum atomic E-state index is -3.55. The van der Waals surface area contributed by atoms with E-state index in [1.807, 2.05) is 4.90 Å². The third kappa shape index (κ3) is 3.52. The first-order chi connectivity index (χ1) is 11.4. The molecule has 1 amide bonds.